The molecular weight excluding hydrogens is 307 g/mol. The molecule has 0 aromatic heterocycles. The van der Waals surface area contributed by atoms with E-state index >= 15 is 0 Å². The van der Waals surface area contributed by atoms with Gasteiger partial charge in [0.05, 0.1) is 6.61 Å². The van der Waals surface area contributed by atoms with Crippen molar-refractivity contribution in [2.45, 2.75) is 12.3 Å². The minimum absolute atomic E-state index is 0.223. The molecule has 1 amide bonds. The molecule has 1 atom stereocenters. The monoisotopic (exact) mass is 323 g/mol. The van der Waals surface area contributed by atoms with Crippen molar-refractivity contribution in [1.82, 2.24) is 0 Å². The van der Waals surface area contributed by atoms with Crippen molar-refractivity contribution in [2.75, 3.05) is 26.4 Å². The zero-order valence-electron chi connectivity index (χ0n) is 11.5. The Morgan fingerprint density at radius 1 is 1.14 bits per heavy atom. The van der Waals surface area contributed by atoms with E-state index in [0.29, 0.717) is 11.5 Å². The summed E-state index contributed by atoms with van der Waals surface area (Å²) in [6, 6.07) is 6.06. The second kappa shape index (κ2) is 8.44. The van der Waals surface area contributed by atoms with Gasteiger partial charge in [-0.15, -0.1) is 0 Å². The van der Waals surface area contributed by atoms with Gasteiger partial charge in [0.1, 0.15) is 30.8 Å². The summed E-state index contributed by atoms with van der Waals surface area (Å²) in [4.78, 5) is 10.5. The normalized spacial score (nSPS) is 12.7. The average molecular weight is 323 g/mol. The molecule has 0 spiro atoms. The predicted molar refractivity (Wildman–Crippen MR) is 69.5 cm³/mol. The number of primary amides is 1. The highest BCUT2D eigenvalue weighted by Gasteiger charge is 2.27. The highest BCUT2D eigenvalue weighted by molar-refractivity contribution is 5.75. The lowest BCUT2D eigenvalue weighted by molar-refractivity contribution is -0.179. The quantitative estimate of drug-likeness (QED) is 0.704. The van der Waals surface area contributed by atoms with Gasteiger partial charge in [0, 0.05) is 0 Å². The van der Waals surface area contributed by atoms with E-state index in [-0.39, 0.29) is 13.2 Å². The maximum Gasteiger partial charge on any atom is 0.411 e. The number of ether oxygens (including phenoxy) is 3. The number of nitrogens with two attached hydrogens (primary N) is 1. The van der Waals surface area contributed by atoms with Crippen LogP contribution in [0, 0.1) is 0 Å². The van der Waals surface area contributed by atoms with Crippen LogP contribution in [0.3, 0.4) is 0 Å². The number of alkyl halides is 3. The zero-order valence-corrected chi connectivity index (χ0v) is 11.5. The first-order valence-corrected chi connectivity index (χ1v) is 6.23. The van der Waals surface area contributed by atoms with Gasteiger partial charge in [-0.25, -0.2) is 0 Å². The molecule has 1 aromatic rings. The number of halogens is 3. The van der Waals surface area contributed by atoms with Crippen LogP contribution in [0.2, 0.25) is 0 Å². The standard InChI is InChI=1S/C13H16F3NO5/c14-13(15,16)8-20-5-9(18)6-21-10-1-3-11(4-2-10)22-7-12(17)19/h1-4,9,18H,5-8H2,(H2,17,19). The minimum Gasteiger partial charge on any atom is -0.491 e. The lowest BCUT2D eigenvalue weighted by Crippen LogP contribution is -2.27. The molecule has 0 aliphatic carbocycles. The van der Waals surface area contributed by atoms with E-state index in [9.17, 15) is 23.1 Å². The summed E-state index contributed by atoms with van der Waals surface area (Å²) in [5.74, 6) is 0.170. The van der Waals surface area contributed by atoms with E-state index in [1.54, 1.807) is 0 Å². The van der Waals surface area contributed by atoms with Gasteiger partial charge < -0.3 is 25.1 Å². The number of amides is 1. The Morgan fingerprint density at radius 3 is 2.18 bits per heavy atom. The topological polar surface area (TPSA) is 91.0 Å². The summed E-state index contributed by atoms with van der Waals surface area (Å²) in [5.41, 5.74) is 4.92. The summed E-state index contributed by atoms with van der Waals surface area (Å²) in [5, 5.41) is 9.41. The van der Waals surface area contributed by atoms with Crippen LogP contribution in [0.25, 0.3) is 0 Å². The predicted octanol–water partition coefficient (Wildman–Crippen LogP) is 0.869. The number of rotatable bonds is 9. The molecule has 124 valence electrons. The van der Waals surface area contributed by atoms with Gasteiger partial charge in [0.15, 0.2) is 6.61 Å². The molecule has 0 aliphatic rings. The molecule has 0 saturated heterocycles. The number of aliphatic hydroxyl groups is 1. The fourth-order valence-electron chi connectivity index (χ4n) is 1.34. The molecule has 0 bridgehead atoms. The summed E-state index contributed by atoms with van der Waals surface area (Å²) < 4.78 is 50.0. The maximum atomic E-state index is 11.8. The lowest BCUT2D eigenvalue weighted by Gasteiger charge is -2.14. The van der Waals surface area contributed by atoms with Crippen molar-refractivity contribution in [2.24, 2.45) is 5.73 Å². The molecule has 0 radical (unpaired) electrons. The minimum atomic E-state index is -4.43. The van der Waals surface area contributed by atoms with Gasteiger partial charge in [0.25, 0.3) is 5.91 Å². The number of aliphatic hydroxyl groups excluding tert-OH is 1. The number of carbonyl (C=O) groups excluding carboxylic acids is 1. The van der Waals surface area contributed by atoms with Gasteiger partial charge in [0.2, 0.25) is 0 Å². The number of benzene rings is 1. The van der Waals surface area contributed by atoms with E-state index in [1.165, 1.54) is 24.3 Å². The van der Waals surface area contributed by atoms with Crippen molar-refractivity contribution < 1.29 is 37.3 Å². The van der Waals surface area contributed by atoms with Crippen LogP contribution < -0.4 is 15.2 Å². The Kier molecular flexibility index (Phi) is 6.93. The Labute approximate surface area is 124 Å². The first-order valence-electron chi connectivity index (χ1n) is 6.23. The Morgan fingerprint density at radius 2 is 1.68 bits per heavy atom. The van der Waals surface area contributed by atoms with Crippen molar-refractivity contribution in [1.29, 1.82) is 0 Å². The third kappa shape index (κ3) is 8.32. The third-order valence-electron chi connectivity index (χ3n) is 2.22. The van der Waals surface area contributed by atoms with Gasteiger partial charge >= 0.3 is 6.18 Å². The summed E-state index contributed by atoms with van der Waals surface area (Å²) >= 11 is 0. The molecule has 0 aliphatic heterocycles. The van der Waals surface area contributed by atoms with Crippen LogP contribution in [-0.2, 0) is 9.53 Å². The molecule has 6 nitrogen and oxygen atoms in total. The highest BCUT2D eigenvalue weighted by Crippen LogP contribution is 2.18. The highest BCUT2D eigenvalue weighted by atomic mass is 19.4. The SMILES string of the molecule is NC(=O)COc1ccc(OCC(O)COCC(F)(F)F)cc1. The van der Waals surface area contributed by atoms with E-state index in [2.05, 4.69) is 4.74 Å². The molecular formula is C13H16F3NO5. The molecule has 0 saturated carbocycles. The molecule has 1 unspecified atom stereocenters. The number of carbonyl (C=O) groups is 1. The lowest BCUT2D eigenvalue weighted by atomic mass is 10.3. The fourth-order valence-corrected chi connectivity index (χ4v) is 1.34. The van der Waals surface area contributed by atoms with E-state index < -0.39 is 31.4 Å². The van der Waals surface area contributed by atoms with E-state index in [4.69, 9.17) is 15.2 Å². The molecule has 1 rings (SSSR count). The van der Waals surface area contributed by atoms with Gasteiger partial charge in [-0.3, -0.25) is 4.79 Å². The number of hydrogen-bond donors (Lipinski definition) is 2. The van der Waals surface area contributed by atoms with Gasteiger partial charge in [-0.2, -0.15) is 13.2 Å². The molecule has 1 aromatic carbocycles. The summed E-state index contributed by atoms with van der Waals surface area (Å²) in [6.45, 7) is -2.38. The second-order valence-electron chi connectivity index (χ2n) is 4.32. The number of hydrogen-bond acceptors (Lipinski definition) is 5. The van der Waals surface area contributed by atoms with E-state index in [0.717, 1.165) is 0 Å². The summed E-state index contributed by atoms with van der Waals surface area (Å²) in [7, 11) is 0. The molecule has 0 fully saturated rings. The van der Waals surface area contributed by atoms with Crippen molar-refractivity contribution in [3.8, 4) is 11.5 Å². The molecule has 0 heterocycles. The average Bonchev–Trinajstić information content (AvgIpc) is 2.42. The van der Waals surface area contributed by atoms with Gasteiger partial charge in [-0.1, -0.05) is 0 Å². The van der Waals surface area contributed by atoms with Crippen molar-refractivity contribution in [3.63, 3.8) is 0 Å². The molecule has 9 heteroatoms. The van der Waals surface area contributed by atoms with Gasteiger partial charge in [-0.05, 0) is 24.3 Å². The summed E-state index contributed by atoms with van der Waals surface area (Å²) in [6.07, 6.45) is -5.62. The zero-order chi connectivity index (χ0) is 16.6. The fraction of sp³-hybridized carbons (Fsp3) is 0.462. The van der Waals surface area contributed by atoms with Crippen molar-refractivity contribution >= 4 is 5.91 Å². The largest absolute Gasteiger partial charge is 0.491 e. The van der Waals surface area contributed by atoms with Crippen LogP contribution in [0.15, 0.2) is 24.3 Å². The van der Waals surface area contributed by atoms with Crippen LogP contribution in [0.4, 0.5) is 13.2 Å². The van der Waals surface area contributed by atoms with Crippen LogP contribution in [0.5, 0.6) is 11.5 Å². The second-order valence-corrected chi connectivity index (χ2v) is 4.32. The smallest absolute Gasteiger partial charge is 0.411 e. The maximum absolute atomic E-state index is 11.8. The third-order valence-corrected chi connectivity index (χ3v) is 2.22. The molecule has 22 heavy (non-hydrogen) atoms. The Balaban J connectivity index is 2.27. The molecule has 3 N–H and O–H groups in total. The first kappa shape index (κ1) is 18.1. The Hall–Kier alpha value is -2.00. The Bertz CT molecular complexity index is 464. The van der Waals surface area contributed by atoms with E-state index in [1.807, 2.05) is 0 Å². The van der Waals surface area contributed by atoms with Crippen LogP contribution >= 0.6 is 0 Å². The first-order chi connectivity index (χ1) is 10.3. The van der Waals surface area contributed by atoms with Crippen molar-refractivity contribution in [3.05, 3.63) is 24.3 Å². The van der Waals surface area contributed by atoms with Crippen LogP contribution in [-0.4, -0.2) is 49.7 Å². The van der Waals surface area contributed by atoms with Crippen LogP contribution in [0.1, 0.15) is 0 Å².